The van der Waals surface area contributed by atoms with Gasteiger partial charge in [-0.05, 0) is 48.7 Å². The van der Waals surface area contributed by atoms with E-state index in [1.807, 2.05) is 18.2 Å². The van der Waals surface area contributed by atoms with Crippen molar-refractivity contribution in [2.75, 3.05) is 58.5 Å². The van der Waals surface area contributed by atoms with Gasteiger partial charge < -0.3 is 19.1 Å². The van der Waals surface area contributed by atoms with Gasteiger partial charge in [0.1, 0.15) is 0 Å². The zero-order valence-electron chi connectivity index (χ0n) is 17.2. The van der Waals surface area contributed by atoms with Crippen LogP contribution in [0.5, 0.6) is 11.5 Å². The van der Waals surface area contributed by atoms with Crippen LogP contribution >= 0.6 is 11.6 Å². The average Bonchev–Trinajstić information content (AvgIpc) is 2.77. The van der Waals surface area contributed by atoms with Gasteiger partial charge in [0.25, 0.3) is 0 Å². The minimum atomic E-state index is 0.118. The van der Waals surface area contributed by atoms with Crippen molar-refractivity contribution in [2.24, 2.45) is 0 Å². The summed E-state index contributed by atoms with van der Waals surface area (Å²) in [6, 6.07) is 12.3. The van der Waals surface area contributed by atoms with Gasteiger partial charge in [0.2, 0.25) is 0 Å². The molecular formula is C23H29ClN2O3. The number of hydrogen-bond donors (Lipinski definition) is 0. The van der Waals surface area contributed by atoms with Crippen LogP contribution < -0.4 is 14.4 Å². The molecule has 0 radical (unpaired) electrons. The molecule has 4 rings (SSSR count). The van der Waals surface area contributed by atoms with E-state index in [2.05, 4.69) is 28.0 Å². The van der Waals surface area contributed by atoms with Gasteiger partial charge >= 0.3 is 0 Å². The second-order valence-corrected chi connectivity index (χ2v) is 8.01. The lowest BCUT2D eigenvalue weighted by Crippen LogP contribution is -2.46. The summed E-state index contributed by atoms with van der Waals surface area (Å²) < 4.78 is 17.2. The second-order valence-electron chi connectivity index (χ2n) is 7.57. The fourth-order valence-electron chi connectivity index (χ4n) is 4.38. The molecule has 0 aromatic heterocycles. The lowest BCUT2D eigenvalue weighted by molar-refractivity contribution is 0.0281. The fourth-order valence-corrected chi connectivity index (χ4v) is 4.50. The van der Waals surface area contributed by atoms with Gasteiger partial charge in [0.05, 0.1) is 26.9 Å². The first-order valence-corrected chi connectivity index (χ1v) is 10.7. The first-order valence-electron chi connectivity index (χ1n) is 10.3. The van der Waals surface area contributed by atoms with Crippen molar-refractivity contribution in [3.8, 4) is 11.5 Å². The third kappa shape index (κ3) is 4.47. The van der Waals surface area contributed by atoms with Gasteiger partial charge in [-0.2, -0.15) is 0 Å². The fraction of sp³-hybridized carbons (Fsp3) is 0.478. The Morgan fingerprint density at radius 2 is 1.76 bits per heavy atom. The van der Waals surface area contributed by atoms with E-state index in [9.17, 15) is 0 Å². The van der Waals surface area contributed by atoms with E-state index >= 15 is 0 Å². The van der Waals surface area contributed by atoms with Crippen molar-refractivity contribution >= 4 is 17.3 Å². The molecule has 0 aliphatic carbocycles. The number of halogens is 1. The minimum Gasteiger partial charge on any atom is -0.493 e. The summed E-state index contributed by atoms with van der Waals surface area (Å²) in [5.41, 5.74) is 3.73. The van der Waals surface area contributed by atoms with Crippen LogP contribution in [0.25, 0.3) is 0 Å². The topological polar surface area (TPSA) is 34.2 Å². The second kappa shape index (κ2) is 9.24. The molecule has 0 saturated carbocycles. The number of methoxy groups -OCH3 is 2. The molecule has 1 atom stereocenters. The monoisotopic (exact) mass is 416 g/mol. The smallest absolute Gasteiger partial charge is 0.164 e. The summed E-state index contributed by atoms with van der Waals surface area (Å²) in [4.78, 5) is 4.96. The first kappa shape index (κ1) is 20.3. The third-order valence-corrected chi connectivity index (χ3v) is 6.23. The number of nitrogens with zero attached hydrogens (tertiary/aromatic N) is 2. The Hall–Kier alpha value is -1.95. The molecule has 0 spiro atoms. The Morgan fingerprint density at radius 3 is 2.45 bits per heavy atom. The summed E-state index contributed by atoms with van der Waals surface area (Å²) in [5.74, 6) is 1.65. The normalized spacial score (nSPS) is 19.7. The molecule has 2 aromatic carbocycles. The highest BCUT2D eigenvalue weighted by atomic mass is 35.5. The van der Waals surface area contributed by atoms with E-state index in [0.29, 0.717) is 0 Å². The SMILES string of the molecule is COc1ccc2c(c1OC)CCOC2CCN1CCN(c2ccc(Cl)cc2)CC1. The lowest BCUT2D eigenvalue weighted by atomic mass is 9.94. The largest absolute Gasteiger partial charge is 0.493 e. The van der Waals surface area contributed by atoms with Gasteiger partial charge in [-0.3, -0.25) is 4.90 Å². The maximum Gasteiger partial charge on any atom is 0.164 e. The quantitative estimate of drug-likeness (QED) is 0.705. The third-order valence-electron chi connectivity index (χ3n) is 5.97. The summed E-state index contributed by atoms with van der Waals surface area (Å²) in [6.45, 7) is 5.96. The summed E-state index contributed by atoms with van der Waals surface area (Å²) in [7, 11) is 3.40. The number of ether oxygens (including phenoxy) is 3. The summed E-state index contributed by atoms with van der Waals surface area (Å²) in [6.07, 6.45) is 1.97. The highest BCUT2D eigenvalue weighted by Crippen LogP contribution is 2.40. The molecule has 0 N–H and O–H groups in total. The van der Waals surface area contributed by atoms with E-state index in [1.165, 1.54) is 16.8 Å². The maximum atomic E-state index is 6.12. The Kier molecular flexibility index (Phi) is 6.48. The number of anilines is 1. The molecule has 156 valence electrons. The van der Waals surface area contributed by atoms with E-state index in [0.717, 1.165) is 68.7 Å². The average molecular weight is 417 g/mol. The molecule has 5 nitrogen and oxygen atoms in total. The van der Waals surface area contributed by atoms with Crippen LogP contribution in [0.4, 0.5) is 5.69 Å². The van der Waals surface area contributed by atoms with Crippen LogP contribution in [-0.2, 0) is 11.2 Å². The first-order chi connectivity index (χ1) is 14.2. The van der Waals surface area contributed by atoms with Crippen LogP contribution in [0.15, 0.2) is 36.4 Å². The number of benzene rings is 2. The lowest BCUT2D eigenvalue weighted by Gasteiger charge is -2.37. The van der Waals surface area contributed by atoms with Gasteiger partial charge in [-0.1, -0.05) is 17.7 Å². The zero-order chi connectivity index (χ0) is 20.2. The maximum absolute atomic E-state index is 6.12. The van der Waals surface area contributed by atoms with Gasteiger partial charge in [-0.15, -0.1) is 0 Å². The van der Waals surface area contributed by atoms with Crippen molar-refractivity contribution in [2.45, 2.75) is 18.9 Å². The number of rotatable bonds is 6. The van der Waals surface area contributed by atoms with Crippen LogP contribution in [0.2, 0.25) is 5.02 Å². The van der Waals surface area contributed by atoms with Crippen LogP contribution in [-0.4, -0.2) is 58.5 Å². The van der Waals surface area contributed by atoms with Crippen molar-refractivity contribution in [1.29, 1.82) is 0 Å². The van der Waals surface area contributed by atoms with Crippen molar-refractivity contribution < 1.29 is 14.2 Å². The summed E-state index contributed by atoms with van der Waals surface area (Å²) >= 11 is 6.01. The standard InChI is InChI=1S/C23H29ClN2O3/c1-27-22-8-7-19-20(23(22)28-2)10-16-29-21(19)9-11-25-12-14-26(15-13-25)18-5-3-17(24)4-6-18/h3-8,21H,9-16H2,1-2H3. The number of hydrogen-bond acceptors (Lipinski definition) is 5. The highest BCUT2D eigenvalue weighted by Gasteiger charge is 2.27. The van der Waals surface area contributed by atoms with Crippen LogP contribution in [0.3, 0.4) is 0 Å². The van der Waals surface area contributed by atoms with E-state index in [4.69, 9.17) is 25.8 Å². The minimum absolute atomic E-state index is 0.118. The molecule has 2 aromatic rings. The Bertz CT molecular complexity index is 820. The predicted octanol–water partition coefficient (Wildman–Crippen LogP) is 4.18. The Balaban J connectivity index is 1.35. The molecule has 29 heavy (non-hydrogen) atoms. The number of piperazine rings is 1. The van der Waals surface area contributed by atoms with Crippen molar-refractivity contribution in [3.63, 3.8) is 0 Å². The molecule has 1 fully saturated rings. The molecule has 6 heteroatoms. The van der Waals surface area contributed by atoms with Crippen molar-refractivity contribution in [3.05, 3.63) is 52.5 Å². The molecule has 2 heterocycles. The predicted molar refractivity (Wildman–Crippen MR) is 117 cm³/mol. The molecule has 2 aliphatic heterocycles. The molecule has 1 saturated heterocycles. The molecule has 0 amide bonds. The number of fused-ring (bicyclic) bond motifs is 1. The Labute approximate surface area is 178 Å². The molecule has 1 unspecified atom stereocenters. The van der Waals surface area contributed by atoms with Crippen LogP contribution in [0.1, 0.15) is 23.7 Å². The van der Waals surface area contributed by atoms with Gasteiger partial charge in [-0.25, -0.2) is 0 Å². The van der Waals surface area contributed by atoms with E-state index in [-0.39, 0.29) is 6.10 Å². The molecule has 0 bridgehead atoms. The van der Waals surface area contributed by atoms with Gasteiger partial charge in [0, 0.05) is 49.0 Å². The van der Waals surface area contributed by atoms with Crippen molar-refractivity contribution in [1.82, 2.24) is 4.90 Å². The Morgan fingerprint density at radius 1 is 1.00 bits per heavy atom. The highest BCUT2D eigenvalue weighted by molar-refractivity contribution is 6.30. The zero-order valence-corrected chi connectivity index (χ0v) is 18.0. The van der Waals surface area contributed by atoms with Gasteiger partial charge in [0.15, 0.2) is 11.5 Å². The molecular weight excluding hydrogens is 388 g/mol. The molecule has 2 aliphatic rings. The summed E-state index contributed by atoms with van der Waals surface area (Å²) in [5, 5.41) is 0.786. The van der Waals surface area contributed by atoms with Crippen LogP contribution in [0, 0.1) is 0 Å². The van der Waals surface area contributed by atoms with E-state index in [1.54, 1.807) is 14.2 Å². The van der Waals surface area contributed by atoms with E-state index < -0.39 is 0 Å².